The van der Waals surface area contributed by atoms with E-state index in [1.807, 2.05) is 24.3 Å². The van der Waals surface area contributed by atoms with Crippen LogP contribution in [0, 0.1) is 0 Å². The highest BCUT2D eigenvalue weighted by Crippen LogP contribution is 2.31. The normalized spacial score (nSPS) is 14.9. The molecule has 0 saturated heterocycles. The third-order valence-electron chi connectivity index (χ3n) is 2.25. The number of halogens is 1. The maximum Gasteiger partial charge on any atom is 0.353 e. The number of benzene rings is 1. The quantitative estimate of drug-likeness (QED) is 0.773. The van der Waals surface area contributed by atoms with Crippen LogP contribution in [0.25, 0.3) is 4.91 Å². The van der Waals surface area contributed by atoms with Gasteiger partial charge in [0.1, 0.15) is 5.71 Å². The van der Waals surface area contributed by atoms with Gasteiger partial charge >= 0.3 is 5.97 Å². The molecule has 0 fully saturated rings. The van der Waals surface area contributed by atoms with Crippen molar-refractivity contribution in [2.24, 2.45) is 4.99 Å². The minimum atomic E-state index is -0.371. The Morgan fingerprint density at radius 1 is 1.41 bits per heavy atom. The molecule has 0 N–H and O–H groups in total. The van der Waals surface area contributed by atoms with Gasteiger partial charge in [-0.05, 0) is 17.7 Å². The van der Waals surface area contributed by atoms with Crippen molar-refractivity contribution in [3.8, 4) is 0 Å². The van der Waals surface area contributed by atoms with E-state index in [0.717, 1.165) is 10.5 Å². The van der Waals surface area contributed by atoms with E-state index in [0.29, 0.717) is 16.5 Å². The maximum atomic E-state index is 11.2. The van der Waals surface area contributed by atoms with E-state index in [-0.39, 0.29) is 5.97 Å². The summed E-state index contributed by atoms with van der Waals surface area (Å²) < 4.78 is 4.62. The summed E-state index contributed by atoms with van der Waals surface area (Å²) in [7, 11) is 1.36. The third-order valence-corrected chi connectivity index (χ3v) is 3.57. The Balaban J connectivity index is 2.20. The van der Waals surface area contributed by atoms with Crippen molar-refractivity contribution in [2.75, 3.05) is 12.9 Å². The van der Waals surface area contributed by atoms with E-state index < -0.39 is 0 Å². The molecular formula is C12H10ClNO2S. The second-order valence-corrected chi connectivity index (χ2v) is 4.81. The summed E-state index contributed by atoms with van der Waals surface area (Å²) in [5, 5.41) is 0.703. The first kappa shape index (κ1) is 12.2. The Kier molecular flexibility index (Phi) is 3.86. The molecule has 0 radical (unpaired) electrons. The zero-order chi connectivity index (χ0) is 12.3. The van der Waals surface area contributed by atoms with Crippen LogP contribution in [0.3, 0.4) is 0 Å². The van der Waals surface area contributed by atoms with Gasteiger partial charge in [0, 0.05) is 21.9 Å². The molecule has 0 saturated carbocycles. The highest BCUT2D eigenvalue weighted by atomic mass is 35.5. The van der Waals surface area contributed by atoms with Gasteiger partial charge in [-0.1, -0.05) is 23.7 Å². The molecule has 0 atom stereocenters. The first-order valence-corrected chi connectivity index (χ1v) is 6.31. The van der Waals surface area contributed by atoms with Gasteiger partial charge in [-0.2, -0.15) is 0 Å². The lowest BCUT2D eigenvalue weighted by Gasteiger charge is -2.12. The van der Waals surface area contributed by atoms with Gasteiger partial charge < -0.3 is 4.74 Å². The minimum Gasteiger partial charge on any atom is -0.465 e. The van der Waals surface area contributed by atoms with Crippen molar-refractivity contribution in [1.29, 1.82) is 0 Å². The SMILES string of the molecule is COC(=O)C1=NC=C(c2ccc(Cl)cc2)SC1. The summed E-state index contributed by atoms with van der Waals surface area (Å²) in [6, 6.07) is 7.52. The van der Waals surface area contributed by atoms with Crippen molar-refractivity contribution < 1.29 is 9.53 Å². The minimum absolute atomic E-state index is 0.371. The van der Waals surface area contributed by atoms with Gasteiger partial charge in [0.05, 0.1) is 7.11 Å². The highest BCUT2D eigenvalue weighted by Gasteiger charge is 2.16. The highest BCUT2D eigenvalue weighted by molar-refractivity contribution is 8.09. The molecular weight excluding hydrogens is 258 g/mol. The predicted octanol–water partition coefficient (Wildman–Crippen LogP) is 3.00. The first-order valence-electron chi connectivity index (χ1n) is 4.94. The molecule has 1 aromatic rings. The van der Waals surface area contributed by atoms with Gasteiger partial charge in [-0.25, -0.2) is 4.79 Å². The van der Waals surface area contributed by atoms with Crippen LogP contribution in [0.4, 0.5) is 0 Å². The van der Waals surface area contributed by atoms with Gasteiger partial charge in [-0.15, -0.1) is 11.8 Å². The summed E-state index contributed by atoms with van der Waals surface area (Å²) in [5.41, 5.74) is 1.49. The van der Waals surface area contributed by atoms with Crippen molar-refractivity contribution >= 4 is 39.9 Å². The average molecular weight is 268 g/mol. The van der Waals surface area contributed by atoms with Crippen molar-refractivity contribution in [3.63, 3.8) is 0 Å². The Morgan fingerprint density at radius 2 is 2.12 bits per heavy atom. The van der Waals surface area contributed by atoms with Crippen LogP contribution in [0.15, 0.2) is 35.5 Å². The zero-order valence-corrected chi connectivity index (χ0v) is 10.7. The largest absolute Gasteiger partial charge is 0.465 e. The summed E-state index contributed by atoms with van der Waals surface area (Å²) in [5.74, 6) is 0.158. The number of aliphatic imine (C=N–C) groups is 1. The number of thioether (sulfide) groups is 1. The average Bonchev–Trinajstić information content (AvgIpc) is 2.39. The smallest absolute Gasteiger partial charge is 0.353 e. The maximum absolute atomic E-state index is 11.2. The van der Waals surface area contributed by atoms with Crippen molar-refractivity contribution in [2.45, 2.75) is 0 Å². The zero-order valence-electron chi connectivity index (χ0n) is 9.14. The van der Waals surface area contributed by atoms with Crippen LogP contribution in [-0.4, -0.2) is 24.5 Å². The molecule has 3 nitrogen and oxygen atoms in total. The molecule has 0 spiro atoms. The topological polar surface area (TPSA) is 38.7 Å². The number of carbonyl (C=O) groups is 1. The van der Waals surface area contributed by atoms with Gasteiger partial charge in [0.2, 0.25) is 0 Å². The van der Waals surface area contributed by atoms with Crippen LogP contribution in [0.2, 0.25) is 5.02 Å². The lowest BCUT2D eigenvalue weighted by molar-refractivity contribution is -0.132. The van der Waals surface area contributed by atoms with Gasteiger partial charge in [0.25, 0.3) is 0 Å². The number of ether oxygens (including phenoxy) is 1. The molecule has 0 unspecified atom stereocenters. The van der Waals surface area contributed by atoms with Crippen LogP contribution in [0.1, 0.15) is 5.56 Å². The molecule has 0 amide bonds. The van der Waals surface area contributed by atoms with Crippen LogP contribution >= 0.6 is 23.4 Å². The fraction of sp³-hybridized carbons (Fsp3) is 0.167. The molecule has 0 aliphatic carbocycles. The van der Waals surface area contributed by atoms with Crippen molar-refractivity contribution in [3.05, 3.63) is 41.1 Å². The molecule has 1 heterocycles. The molecule has 0 aromatic heterocycles. The molecule has 17 heavy (non-hydrogen) atoms. The number of nitrogens with zero attached hydrogens (tertiary/aromatic N) is 1. The van der Waals surface area contributed by atoms with Crippen LogP contribution in [-0.2, 0) is 9.53 Å². The summed E-state index contributed by atoms with van der Waals surface area (Å²) in [6.07, 6.45) is 1.68. The van der Waals surface area contributed by atoms with E-state index in [1.165, 1.54) is 7.11 Å². The number of rotatable bonds is 2. The Hall–Kier alpha value is -1.26. The second-order valence-electron chi connectivity index (χ2n) is 3.36. The molecule has 5 heteroatoms. The van der Waals surface area contributed by atoms with E-state index in [9.17, 15) is 4.79 Å². The summed E-state index contributed by atoms with van der Waals surface area (Å²) in [6.45, 7) is 0. The van der Waals surface area contributed by atoms with E-state index in [1.54, 1.807) is 18.0 Å². The standard InChI is InChI=1S/C12H10ClNO2S/c1-16-12(15)10-7-17-11(6-14-10)8-2-4-9(13)5-3-8/h2-6H,7H2,1H3. The van der Waals surface area contributed by atoms with Gasteiger partial charge in [0.15, 0.2) is 0 Å². The number of hydrogen-bond donors (Lipinski definition) is 0. The van der Waals surface area contributed by atoms with Crippen LogP contribution in [0.5, 0.6) is 0 Å². The molecule has 1 aliphatic heterocycles. The fourth-order valence-electron chi connectivity index (χ4n) is 1.36. The molecule has 88 valence electrons. The Labute approximate surface area is 109 Å². The molecule has 0 bridgehead atoms. The third kappa shape index (κ3) is 2.90. The number of hydrogen-bond acceptors (Lipinski definition) is 4. The molecule has 1 aromatic carbocycles. The predicted molar refractivity (Wildman–Crippen MR) is 71.3 cm³/mol. The Bertz CT molecular complexity index is 494. The van der Waals surface area contributed by atoms with Crippen LogP contribution < -0.4 is 0 Å². The summed E-state index contributed by atoms with van der Waals surface area (Å²) >= 11 is 7.38. The fourth-order valence-corrected chi connectivity index (χ4v) is 2.40. The first-order chi connectivity index (χ1) is 8.20. The number of methoxy groups -OCH3 is 1. The molecule has 2 rings (SSSR count). The van der Waals surface area contributed by atoms with Gasteiger partial charge in [-0.3, -0.25) is 4.99 Å². The van der Waals surface area contributed by atoms with Crippen molar-refractivity contribution in [1.82, 2.24) is 0 Å². The van der Waals surface area contributed by atoms with E-state index in [4.69, 9.17) is 11.6 Å². The lowest BCUT2D eigenvalue weighted by Crippen LogP contribution is -2.19. The Morgan fingerprint density at radius 3 is 2.65 bits per heavy atom. The monoisotopic (exact) mass is 267 g/mol. The number of carbonyl (C=O) groups excluding carboxylic acids is 1. The van der Waals surface area contributed by atoms with E-state index >= 15 is 0 Å². The number of esters is 1. The molecule has 1 aliphatic rings. The lowest BCUT2D eigenvalue weighted by atomic mass is 10.2. The van der Waals surface area contributed by atoms with E-state index in [2.05, 4.69) is 9.73 Å². The second kappa shape index (κ2) is 5.38. The summed E-state index contributed by atoms with van der Waals surface area (Å²) in [4.78, 5) is 16.4.